The van der Waals surface area contributed by atoms with Crippen molar-refractivity contribution in [2.75, 3.05) is 6.54 Å². The molecule has 2 rings (SSSR count). The minimum Gasteiger partial charge on any atom is -0.354 e. The number of halogens is 1. The minimum atomic E-state index is -0.963. The molecule has 1 aliphatic rings. The van der Waals surface area contributed by atoms with Crippen LogP contribution in [-0.4, -0.2) is 12.5 Å². The maximum absolute atomic E-state index is 12.0. The molecule has 0 heterocycles. The van der Waals surface area contributed by atoms with Gasteiger partial charge >= 0.3 is 0 Å². The van der Waals surface area contributed by atoms with Gasteiger partial charge in [-0.05, 0) is 43.4 Å². The van der Waals surface area contributed by atoms with Crippen LogP contribution in [0.5, 0.6) is 0 Å². The number of rotatable bonds is 4. The van der Waals surface area contributed by atoms with Gasteiger partial charge in [-0.1, -0.05) is 28.1 Å². The monoisotopic (exact) mass is 296 g/mol. The molecule has 3 N–H and O–H groups in total. The molecule has 1 aromatic rings. The molecule has 1 saturated carbocycles. The van der Waals surface area contributed by atoms with E-state index in [0.717, 1.165) is 16.6 Å². The lowest BCUT2D eigenvalue weighted by atomic mass is 9.92. The summed E-state index contributed by atoms with van der Waals surface area (Å²) in [7, 11) is 0. The van der Waals surface area contributed by atoms with Crippen LogP contribution in [0.2, 0.25) is 0 Å². The summed E-state index contributed by atoms with van der Waals surface area (Å²) in [6.07, 6.45) is 2.44. The maximum Gasteiger partial charge on any atom is 0.244 e. The highest BCUT2D eigenvalue weighted by Crippen LogP contribution is 2.28. The largest absolute Gasteiger partial charge is 0.354 e. The number of carbonyl (C=O) groups is 1. The number of benzene rings is 1. The molecule has 0 saturated heterocycles. The lowest BCUT2D eigenvalue weighted by molar-refractivity contribution is -0.126. The standard InChI is InChI=1S/C13H17BrN2O/c1-13(15,10-4-6-11(14)7-5-10)12(17)16-8-9-2-3-9/h4-7,9H,2-3,8,15H2,1H3,(H,16,17). The minimum absolute atomic E-state index is 0.105. The van der Waals surface area contributed by atoms with Crippen LogP contribution < -0.4 is 11.1 Å². The summed E-state index contributed by atoms with van der Waals surface area (Å²) in [5, 5.41) is 2.92. The van der Waals surface area contributed by atoms with Gasteiger partial charge in [0.2, 0.25) is 5.91 Å². The van der Waals surface area contributed by atoms with Gasteiger partial charge in [0.15, 0.2) is 0 Å². The molecule has 1 unspecified atom stereocenters. The number of amides is 1. The van der Waals surface area contributed by atoms with Gasteiger partial charge < -0.3 is 11.1 Å². The Hall–Kier alpha value is -0.870. The Labute approximate surface area is 110 Å². The molecule has 0 spiro atoms. The van der Waals surface area contributed by atoms with E-state index >= 15 is 0 Å². The fourth-order valence-electron chi connectivity index (χ4n) is 1.67. The number of nitrogens with two attached hydrogens (primary N) is 1. The average molecular weight is 297 g/mol. The number of carbonyl (C=O) groups excluding carboxylic acids is 1. The van der Waals surface area contributed by atoms with Gasteiger partial charge in [-0.2, -0.15) is 0 Å². The van der Waals surface area contributed by atoms with E-state index in [-0.39, 0.29) is 5.91 Å². The number of nitrogens with one attached hydrogen (secondary N) is 1. The van der Waals surface area contributed by atoms with Crippen molar-refractivity contribution in [1.82, 2.24) is 5.32 Å². The molecule has 1 aliphatic carbocycles. The van der Waals surface area contributed by atoms with Gasteiger partial charge in [0.25, 0.3) is 0 Å². The van der Waals surface area contributed by atoms with Crippen LogP contribution in [0, 0.1) is 5.92 Å². The fraction of sp³-hybridized carbons (Fsp3) is 0.462. The third-order valence-corrected chi connectivity index (χ3v) is 3.69. The molecule has 17 heavy (non-hydrogen) atoms. The van der Waals surface area contributed by atoms with Crippen LogP contribution in [0.3, 0.4) is 0 Å². The Balaban J connectivity index is 2.04. The highest BCUT2D eigenvalue weighted by atomic mass is 79.9. The lowest BCUT2D eigenvalue weighted by Crippen LogP contribution is -2.49. The number of hydrogen-bond acceptors (Lipinski definition) is 2. The van der Waals surface area contributed by atoms with E-state index in [1.165, 1.54) is 12.8 Å². The highest BCUT2D eigenvalue weighted by molar-refractivity contribution is 9.10. The summed E-state index contributed by atoms with van der Waals surface area (Å²) in [6, 6.07) is 7.55. The molecule has 0 bridgehead atoms. The Morgan fingerprint density at radius 1 is 1.47 bits per heavy atom. The summed E-state index contributed by atoms with van der Waals surface area (Å²) < 4.78 is 0.982. The van der Waals surface area contributed by atoms with E-state index in [1.54, 1.807) is 6.92 Å². The Morgan fingerprint density at radius 2 is 2.06 bits per heavy atom. The van der Waals surface area contributed by atoms with Crippen LogP contribution >= 0.6 is 15.9 Å². The van der Waals surface area contributed by atoms with Crippen LogP contribution in [0.25, 0.3) is 0 Å². The summed E-state index contributed by atoms with van der Waals surface area (Å²) in [5.41, 5.74) is 5.98. The molecule has 3 nitrogen and oxygen atoms in total. The molecule has 0 radical (unpaired) electrons. The zero-order chi connectivity index (χ0) is 12.5. The summed E-state index contributed by atoms with van der Waals surface area (Å²) in [6.45, 7) is 2.50. The van der Waals surface area contributed by atoms with Crippen molar-refractivity contribution in [3.05, 3.63) is 34.3 Å². The first-order valence-corrected chi connectivity index (χ1v) is 6.62. The van der Waals surface area contributed by atoms with E-state index in [2.05, 4.69) is 21.2 Å². The summed E-state index contributed by atoms with van der Waals surface area (Å²) in [4.78, 5) is 12.0. The van der Waals surface area contributed by atoms with E-state index in [9.17, 15) is 4.79 Å². The SMILES string of the molecule is CC(N)(C(=O)NCC1CC1)c1ccc(Br)cc1. The lowest BCUT2D eigenvalue weighted by Gasteiger charge is -2.24. The first-order valence-electron chi connectivity index (χ1n) is 5.83. The second-order valence-corrected chi connectivity index (χ2v) is 5.78. The second kappa shape index (κ2) is 4.78. The molecule has 1 amide bonds. The molecule has 92 valence electrons. The second-order valence-electron chi connectivity index (χ2n) is 4.86. The zero-order valence-electron chi connectivity index (χ0n) is 9.87. The van der Waals surface area contributed by atoms with Gasteiger partial charge in [-0.25, -0.2) is 0 Å². The third-order valence-electron chi connectivity index (χ3n) is 3.16. The van der Waals surface area contributed by atoms with Crippen molar-refractivity contribution >= 4 is 21.8 Å². The van der Waals surface area contributed by atoms with Crippen molar-refractivity contribution in [2.45, 2.75) is 25.3 Å². The summed E-state index contributed by atoms with van der Waals surface area (Å²) >= 11 is 3.37. The maximum atomic E-state index is 12.0. The van der Waals surface area contributed by atoms with Crippen LogP contribution in [0.4, 0.5) is 0 Å². The quantitative estimate of drug-likeness (QED) is 0.894. The topological polar surface area (TPSA) is 55.1 Å². The molecular formula is C13H17BrN2O. The van der Waals surface area contributed by atoms with Crippen molar-refractivity contribution in [3.8, 4) is 0 Å². The van der Waals surface area contributed by atoms with E-state index in [1.807, 2.05) is 24.3 Å². The van der Waals surface area contributed by atoms with Gasteiger partial charge in [0.05, 0.1) is 0 Å². The first-order chi connectivity index (χ1) is 8.00. The van der Waals surface area contributed by atoms with Crippen LogP contribution in [0.1, 0.15) is 25.3 Å². The summed E-state index contributed by atoms with van der Waals surface area (Å²) in [5.74, 6) is 0.561. The van der Waals surface area contributed by atoms with Crippen molar-refractivity contribution < 1.29 is 4.79 Å². The predicted molar refractivity (Wildman–Crippen MR) is 71.4 cm³/mol. The van der Waals surface area contributed by atoms with Gasteiger partial charge in [0, 0.05) is 11.0 Å². The van der Waals surface area contributed by atoms with Crippen molar-refractivity contribution in [3.63, 3.8) is 0 Å². The van der Waals surface area contributed by atoms with Gasteiger partial charge in [0.1, 0.15) is 5.54 Å². The normalized spacial score (nSPS) is 18.5. The molecule has 4 heteroatoms. The van der Waals surface area contributed by atoms with Gasteiger partial charge in [-0.15, -0.1) is 0 Å². The molecule has 1 atom stereocenters. The molecule has 1 fully saturated rings. The molecular weight excluding hydrogens is 280 g/mol. The van der Waals surface area contributed by atoms with E-state index in [4.69, 9.17) is 5.73 Å². The van der Waals surface area contributed by atoms with Crippen molar-refractivity contribution in [1.29, 1.82) is 0 Å². The van der Waals surface area contributed by atoms with Crippen molar-refractivity contribution in [2.24, 2.45) is 11.7 Å². The van der Waals surface area contributed by atoms with Gasteiger partial charge in [-0.3, -0.25) is 4.79 Å². The Bertz CT molecular complexity index is 410. The highest BCUT2D eigenvalue weighted by Gasteiger charge is 2.31. The zero-order valence-corrected chi connectivity index (χ0v) is 11.5. The molecule has 0 aromatic heterocycles. The fourth-order valence-corrected chi connectivity index (χ4v) is 1.93. The third kappa shape index (κ3) is 3.07. The van der Waals surface area contributed by atoms with Crippen LogP contribution in [-0.2, 0) is 10.3 Å². The smallest absolute Gasteiger partial charge is 0.244 e. The average Bonchev–Trinajstić information content (AvgIpc) is 3.10. The molecule has 0 aliphatic heterocycles. The predicted octanol–water partition coefficient (Wildman–Crippen LogP) is 2.15. The number of hydrogen-bond donors (Lipinski definition) is 2. The van der Waals surface area contributed by atoms with E-state index in [0.29, 0.717) is 5.92 Å². The Kier molecular flexibility index (Phi) is 3.54. The first kappa shape index (κ1) is 12.6. The van der Waals surface area contributed by atoms with Crippen LogP contribution in [0.15, 0.2) is 28.7 Å². The Morgan fingerprint density at radius 3 is 2.59 bits per heavy atom. The molecule has 1 aromatic carbocycles. The van der Waals surface area contributed by atoms with E-state index < -0.39 is 5.54 Å².